The van der Waals surface area contributed by atoms with Crippen LogP contribution < -0.4 is 10.5 Å². The average Bonchev–Trinajstić information content (AvgIpc) is 2.86. The van der Waals surface area contributed by atoms with E-state index in [1.54, 1.807) is 18.5 Å². The molecule has 3 N–H and O–H groups in total. The molecule has 1 heterocycles. The van der Waals surface area contributed by atoms with Crippen molar-refractivity contribution in [2.45, 2.75) is 37.3 Å². The van der Waals surface area contributed by atoms with Gasteiger partial charge in [-0.2, -0.15) is 0 Å². The zero-order valence-corrected chi connectivity index (χ0v) is 12.8. The van der Waals surface area contributed by atoms with Crippen LogP contribution in [0.5, 0.6) is 0 Å². The molecule has 1 aliphatic rings. The van der Waals surface area contributed by atoms with Crippen LogP contribution in [0.2, 0.25) is 0 Å². The van der Waals surface area contributed by atoms with Crippen LogP contribution in [-0.2, 0) is 17.1 Å². The van der Waals surface area contributed by atoms with Crippen molar-refractivity contribution < 1.29 is 8.42 Å². The van der Waals surface area contributed by atoms with Gasteiger partial charge in [0.2, 0.25) is 0 Å². The number of imidazole rings is 1. The summed E-state index contributed by atoms with van der Waals surface area (Å²) in [5.41, 5.74) is 5.66. The van der Waals surface area contributed by atoms with Gasteiger partial charge in [-0.05, 0) is 32.2 Å². The topological polar surface area (TPSA) is 90.0 Å². The van der Waals surface area contributed by atoms with E-state index < -0.39 is 10.0 Å². The second kappa shape index (κ2) is 6.21. The number of hydrogen-bond acceptors (Lipinski definition) is 4. The van der Waals surface area contributed by atoms with Gasteiger partial charge in [-0.3, -0.25) is 0 Å². The summed E-state index contributed by atoms with van der Waals surface area (Å²) in [7, 11) is -1.75. The van der Waals surface area contributed by atoms with Crippen molar-refractivity contribution in [2.24, 2.45) is 18.7 Å². The Morgan fingerprint density at radius 1 is 1.53 bits per heavy atom. The van der Waals surface area contributed by atoms with Crippen molar-refractivity contribution in [2.75, 3.05) is 6.54 Å². The number of sulfonamides is 1. The van der Waals surface area contributed by atoms with Crippen molar-refractivity contribution in [3.8, 4) is 0 Å². The van der Waals surface area contributed by atoms with Gasteiger partial charge in [-0.25, -0.2) is 18.1 Å². The minimum atomic E-state index is -3.53. The first-order valence-electron chi connectivity index (χ1n) is 6.16. The van der Waals surface area contributed by atoms with E-state index in [2.05, 4.69) is 9.71 Å². The van der Waals surface area contributed by atoms with Gasteiger partial charge in [0.1, 0.15) is 5.82 Å². The van der Waals surface area contributed by atoms with E-state index >= 15 is 0 Å². The minimum absolute atomic E-state index is 0. The van der Waals surface area contributed by atoms with Gasteiger partial charge in [0.25, 0.3) is 10.0 Å². The molecule has 1 aromatic heterocycles. The second-order valence-electron chi connectivity index (χ2n) is 4.89. The van der Waals surface area contributed by atoms with E-state index in [-0.39, 0.29) is 29.4 Å². The van der Waals surface area contributed by atoms with Gasteiger partial charge in [0.15, 0.2) is 5.03 Å². The first-order chi connectivity index (χ1) is 8.44. The Morgan fingerprint density at radius 2 is 2.21 bits per heavy atom. The number of nitrogens with zero attached hydrogens (tertiary/aromatic N) is 2. The summed E-state index contributed by atoms with van der Waals surface area (Å²) in [6.07, 6.45) is 4.40. The lowest BCUT2D eigenvalue weighted by Crippen LogP contribution is -2.39. The molecule has 1 saturated carbocycles. The summed E-state index contributed by atoms with van der Waals surface area (Å²) in [4.78, 5) is 4.06. The second-order valence-corrected chi connectivity index (χ2v) is 6.55. The van der Waals surface area contributed by atoms with Crippen LogP contribution in [0, 0.1) is 12.8 Å². The summed E-state index contributed by atoms with van der Waals surface area (Å²) in [5.74, 6) is 0.918. The lowest BCUT2D eigenvalue weighted by molar-refractivity contribution is 0.452. The van der Waals surface area contributed by atoms with E-state index in [1.165, 1.54) is 6.20 Å². The van der Waals surface area contributed by atoms with E-state index in [0.29, 0.717) is 12.4 Å². The van der Waals surface area contributed by atoms with Crippen molar-refractivity contribution in [3.05, 3.63) is 12.0 Å². The molecule has 1 aliphatic carbocycles. The maximum atomic E-state index is 12.2. The van der Waals surface area contributed by atoms with Gasteiger partial charge < -0.3 is 10.3 Å². The summed E-state index contributed by atoms with van der Waals surface area (Å²) in [5, 5.41) is 0.0881. The zero-order chi connectivity index (χ0) is 13.3. The number of nitrogens with two attached hydrogens (primary N) is 1. The predicted molar refractivity (Wildman–Crippen MR) is 75.7 cm³/mol. The smallest absolute Gasteiger partial charge is 0.259 e. The van der Waals surface area contributed by atoms with Gasteiger partial charge in [-0.15, -0.1) is 12.4 Å². The van der Waals surface area contributed by atoms with E-state index in [0.717, 1.165) is 19.3 Å². The largest absolute Gasteiger partial charge is 0.337 e. The van der Waals surface area contributed by atoms with Crippen LogP contribution in [0.15, 0.2) is 11.2 Å². The molecule has 0 aromatic carbocycles. The molecule has 8 heteroatoms. The molecule has 2 rings (SSSR count). The number of halogens is 1. The molecule has 2 unspecified atom stereocenters. The van der Waals surface area contributed by atoms with Gasteiger partial charge >= 0.3 is 0 Å². The molecule has 1 aromatic rings. The van der Waals surface area contributed by atoms with Crippen LogP contribution in [0.4, 0.5) is 0 Å². The lowest BCUT2D eigenvalue weighted by Gasteiger charge is -2.18. The van der Waals surface area contributed by atoms with E-state index in [4.69, 9.17) is 5.73 Å². The Kier molecular flexibility index (Phi) is 5.37. The third-order valence-corrected chi connectivity index (χ3v) is 4.99. The fourth-order valence-electron chi connectivity index (χ4n) is 2.39. The van der Waals surface area contributed by atoms with Crippen LogP contribution in [0.25, 0.3) is 0 Å². The fraction of sp³-hybridized carbons (Fsp3) is 0.727. The molecule has 0 spiro atoms. The van der Waals surface area contributed by atoms with Crippen molar-refractivity contribution >= 4 is 22.4 Å². The number of aryl methyl sites for hydroxylation is 2. The summed E-state index contributed by atoms with van der Waals surface area (Å²) < 4.78 is 28.8. The summed E-state index contributed by atoms with van der Waals surface area (Å²) in [6.45, 7) is 2.30. The minimum Gasteiger partial charge on any atom is -0.337 e. The third kappa shape index (κ3) is 3.47. The Labute approximate surface area is 120 Å². The maximum Gasteiger partial charge on any atom is 0.259 e. The molecule has 2 atom stereocenters. The molecular weight excluding hydrogens is 288 g/mol. The molecule has 110 valence electrons. The Bertz CT molecular complexity index is 509. The normalized spacial score (nSPS) is 23.3. The SMILES string of the molecule is Cc1nc(S(=O)(=O)NC2CCCC2CN)cn1C.Cl. The van der Waals surface area contributed by atoms with Crippen molar-refractivity contribution in [1.82, 2.24) is 14.3 Å². The highest BCUT2D eigenvalue weighted by molar-refractivity contribution is 7.89. The quantitative estimate of drug-likeness (QED) is 0.850. The first-order valence-corrected chi connectivity index (χ1v) is 7.64. The average molecular weight is 309 g/mol. The first kappa shape index (κ1) is 16.4. The molecule has 0 aliphatic heterocycles. The molecule has 0 saturated heterocycles. The monoisotopic (exact) mass is 308 g/mol. The molecule has 19 heavy (non-hydrogen) atoms. The molecular formula is C11H21ClN4O2S. The van der Waals surface area contributed by atoms with Crippen LogP contribution >= 0.6 is 12.4 Å². The lowest BCUT2D eigenvalue weighted by atomic mass is 10.1. The zero-order valence-electron chi connectivity index (χ0n) is 11.2. The van der Waals surface area contributed by atoms with E-state index in [9.17, 15) is 8.42 Å². The van der Waals surface area contributed by atoms with Crippen LogP contribution in [0.1, 0.15) is 25.1 Å². The van der Waals surface area contributed by atoms with Crippen LogP contribution in [-0.4, -0.2) is 30.6 Å². The van der Waals surface area contributed by atoms with Crippen molar-refractivity contribution in [1.29, 1.82) is 0 Å². The molecule has 0 radical (unpaired) electrons. The predicted octanol–water partition coefficient (Wildman–Crippen LogP) is 0.556. The van der Waals surface area contributed by atoms with E-state index in [1.807, 2.05) is 0 Å². The number of hydrogen-bond donors (Lipinski definition) is 2. The Hall–Kier alpha value is -0.630. The number of rotatable bonds is 4. The Morgan fingerprint density at radius 3 is 2.74 bits per heavy atom. The van der Waals surface area contributed by atoms with Crippen LogP contribution in [0.3, 0.4) is 0 Å². The third-order valence-electron chi connectivity index (χ3n) is 3.63. The summed E-state index contributed by atoms with van der Waals surface area (Å²) in [6, 6.07) is -0.0534. The molecule has 1 fully saturated rings. The number of aromatic nitrogens is 2. The molecule has 6 nitrogen and oxygen atoms in total. The maximum absolute atomic E-state index is 12.2. The molecule has 0 bridgehead atoms. The highest BCUT2D eigenvalue weighted by atomic mass is 35.5. The van der Waals surface area contributed by atoms with Gasteiger partial charge in [-0.1, -0.05) is 6.42 Å². The van der Waals surface area contributed by atoms with Crippen molar-refractivity contribution in [3.63, 3.8) is 0 Å². The Balaban J connectivity index is 0.00000180. The highest BCUT2D eigenvalue weighted by Crippen LogP contribution is 2.26. The standard InChI is InChI=1S/C11H20N4O2S.ClH/c1-8-13-11(7-15(8)2)18(16,17)14-10-5-3-4-9(10)6-12;/h7,9-10,14H,3-6,12H2,1-2H3;1H. The highest BCUT2D eigenvalue weighted by Gasteiger charge is 2.31. The summed E-state index contributed by atoms with van der Waals surface area (Å²) >= 11 is 0. The number of nitrogens with one attached hydrogen (secondary N) is 1. The van der Waals surface area contributed by atoms with Gasteiger partial charge in [0.05, 0.1) is 0 Å². The molecule has 0 amide bonds. The fourth-order valence-corrected chi connectivity index (χ4v) is 3.77. The van der Waals surface area contributed by atoms with Gasteiger partial charge in [0, 0.05) is 19.3 Å².